The van der Waals surface area contributed by atoms with E-state index in [-0.39, 0.29) is 0 Å². The highest BCUT2D eigenvalue weighted by atomic mass is 32.1. The molecule has 0 saturated carbocycles. The number of nitrogens with one attached hydrogen (secondary N) is 1. The number of hydrogen-bond acceptors (Lipinski definition) is 4. The summed E-state index contributed by atoms with van der Waals surface area (Å²) in [5.74, 6) is 0. The Morgan fingerprint density at radius 2 is 2.11 bits per heavy atom. The first-order chi connectivity index (χ1) is 9.38. The van der Waals surface area contributed by atoms with Crippen LogP contribution in [0.5, 0.6) is 5.19 Å². The second-order valence-corrected chi connectivity index (χ2v) is 5.14. The topological polar surface area (TPSA) is 34.1 Å². The number of aromatic nitrogens is 1. The van der Waals surface area contributed by atoms with Gasteiger partial charge in [0.15, 0.2) is 0 Å². The highest BCUT2D eigenvalue weighted by Gasteiger charge is 2.00. The minimum Gasteiger partial charge on any atom is -0.470 e. The van der Waals surface area contributed by atoms with Gasteiger partial charge < -0.3 is 10.1 Å². The maximum Gasteiger partial charge on any atom is 0.273 e. The molecule has 0 unspecified atom stereocenters. The molecule has 0 amide bonds. The fourth-order valence-corrected chi connectivity index (χ4v) is 2.48. The van der Waals surface area contributed by atoms with Crippen LogP contribution in [0.1, 0.15) is 24.6 Å². The molecule has 1 N–H and O–H groups in total. The lowest BCUT2D eigenvalue weighted by atomic mass is 10.2. The van der Waals surface area contributed by atoms with E-state index in [2.05, 4.69) is 46.9 Å². The van der Waals surface area contributed by atoms with Crippen molar-refractivity contribution < 1.29 is 4.74 Å². The van der Waals surface area contributed by atoms with E-state index < -0.39 is 0 Å². The van der Waals surface area contributed by atoms with Crippen molar-refractivity contribution in [2.45, 2.75) is 26.3 Å². The zero-order chi connectivity index (χ0) is 13.3. The van der Waals surface area contributed by atoms with Gasteiger partial charge in [0.1, 0.15) is 0 Å². The largest absolute Gasteiger partial charge is 0.470 e. The van der Waals surface area contributed by atoms with Crippen LogP contribution in [0.15, 0.2) is 35.7 Å². The highest BCUT2D eigenvalue weighted by Crippen LogP contribution is 2.18. The Labute approximate surface area is 118 Å². The second-order valence-electron chi connectivity index (χ2n) is 4.32. The highest BCUT2D eigenvalue weighted by molar-refractivity contribution is 7.11. The van der Waals surface area contributed by atoms with Gasteiger partial charge >= 0.3 is 0 Å². The predicted octanol–water partition coefficient (Wildman–Crippen LogP) is 3.26. The summed E-state index contributed by atoms with van der Waals surface area (Å²) < 4.78 is 5.61. The molecule has 2 rings (SSSR count). The smallest absolute Gasteiger partial charge is 0.273 e. The first-order valence-electron chi connectivity index (χ1n) is 6.70. The third kappa shape index (κ3) is 5.01. The van der Waals surface area contributed by atoms with Crippen LogP contribution in [-0.4, -0.2) is 18.1 Å². The van der Waals surface area contributed by atoms with Crippen LogP contribution >= 0.6 is 11.3 Å². The molecule has 2 aromatic rings. The minimum atomic E-state index is 0.721. The fraction of sp³-hybridized carbons (Fsp3) is 0.400. The molecular formula is C15H20N2OS. The Morgan fingerprint density at radius 3 is 2.84 bits per heavy atom. The Hall–Kier alpha value is -1.39. The van der Waals surface area contributed by atoms with E-state index >= 15 is 0 Å². The van der Waals surface area contributed by atoms with Crippen LogP contribution in [0, 0.1) is 0 Å². The van der Waals surface area contributed by atoms with Crippen molar-refractivity contribution in [2.24, 2.45) is 0 Å². The molecule has 1 heterocycles. The summed E-state index contributed by atoms with van der Waals surface area (Å²) >= 11 is 1.58. The molecule has 0 atom stereocenters. The average molecular weight is 276 g/mol. The number of ether oxygens (including phenoxy) is 1. The molecule has 0 aliphatic heterocycles. The quantitative estimate of drug-likeness (QED) is 0.751. The van der Waals surface area contributed by atoms with Gasteiger partial charge in [0, 0.05) is 11.9 Å². The summed E-state index contributed by atoms with van der Waals surface area (Å²) in [7, 11) is 0. The van der Waals surface area contributed by atoms with Crippen LogP contribution in [0.3, 0.4) is 0 Å². The van der Waals surface area contributed by atoms with Crippen molar-refractivity contribution >= 4 is 11.3 Å². The number of nitrogens with zero attached hydrogens (tertiary/aromatic N) is 1. The van der Waals surface area contributed by atoms with Gasteiger partial charge in [-0.05, 0) is 24.9 Å². The lowest BCUT2D eigenvalue weighted by molar-refractivity contribution is 0.306. The van der Waals surface area contributed by atoms with E-state index in [1.807, 2.05) is 6.07 Å². The lowest BCUT2D eigenvalue weighted by Gasteiger charge is -2.05. The third-order valence-electron chi connectivity index (χ3n) is 2.79. The molecule has 0 radical (unpaired) electrons. The summed E-state index contributed by atoms with van der Waals surface area (Å²) in [5.41, 5.74) is 2.43. The van der Waals surface area contributed by atoms with Crippen molar-refractivity contribution in [3.8, 4) is 5.19 Å². The van der Waals surface area contributed by atoms with Crippen molar-refractivity contribution in [1.82, 2.24) is 10.3 Å². The van der Waals surface area contributed by atoms with E-state index in [0.29, 0.717) is 0 Å². The summed E-state index contributed by atoms with van der Waals surface area (Å²) in [5, 5.41) is 6.26. The van der Waals surface area contributed by atoms with Crippen molar-refractivity contribution in [3.05, 3.63) is 47.0 Å². The van der Waals surface area contributed by atoms with Crippen molar-refractivity contribution in [3.63, 3.8) is 0 Å². The zero-order valence-corrected chi connectivity index (χ0v) is 12.1. The molecule has 0 spiro atoms. The van der Waals surface area contributed by atoms with E-state index in [1.165, 1.54) is 5.56 Å². The van der Waals surface area contributed by atoms with Crippen molar-refractivity contribution in [2.75, 3.05) is 13.2 Å². The first-order valence-corrected chi connectivity index (χ1v) is 7.58. The van der Waals surface area contributed by atoms with Crippen LogP contribution in [0.4, 0.5) is 0 Å². The molecule has 0 saturated heterocycles. The average Bonchev–Trinajstić information content (AvgIpc) is 2.92. The Kier molecular flexibility index (Phi) is 5.85. The summed E-state index contributed by atoms with van der Waals surface area (Å²) in [6.07, 6.45) is 1.96. The fourth-order valence-electron chi connectivity index (χ4n) is 1.70. The molecule has 0 fully saturated rings. The molecule has 1 aromatic carbocycles. The second kappa shape index (κ2) is 7.92. The van der Waals surface area contributed by atoms with E-state index in [1.54, 1.807) is 11.3 Å². The number of benzene rings is 1. The number of thiazole rings is 1. The van der Waals surface area contributed by atoms with Gasteiger partial charge in [-0.1, -0.05) is 48.6 Å². The third-order valence-corrected chi connectivity index (χ3v) is 3.59. The molecule has 0 aliphatic carbocycles. The van der Waals surface area contributed by atoms with Gasteiger partial charge in [-0.15, -0.1) is 0 Å². The van der Waals surface area contributed by atoms with Crippen LogP contribution in [-0.2, 0) is 13.0 Å². The van der Waals surface area contributed by atoms with Gasteiger partial charge in [0.05, 0.1) is 12.3 Å². The maximum absolute atomic E-state index is 5.61. The molecule has 4 heteroatoms. The zero-order valence-electron chi connectivity index (χ0n) is 11.3. The number of hydrogen-bond donors (Lipinski definition) is 1. The standard InChI is InChI=1S/C15H20N2OS/c1-2-14-12-19-15(17-14)18-10-6-9-16-11-13-7-4-3-5-8-13/h3-5,7-8,12,16H,2,6,9-11H2,1H3. The number of aryl methyl sites for hydroxylation is 1. The van der Waals surface area contributed by atoms with Crippen molar-refractivity contribution in [1.29, 1.82) is 0 Å². The van der Waals surface area contributed by atoms with Gasteiger partial charge in [0.25, 0.3) is 5.19 Å². The van der Waals surface area contributed by atoms with Gasteiger partial charge in [0.2, 0.25) is 0 Å². The normalized spacial score (nSPS) is 10.6. The van der Waals surface area contributed by atoms with Crippen LogP contribution in [0.2, 0.25) is 0 Å². The molecule has 19 heavy (non-hydrogen) atoms. The first kappa shape index (κ1) is 14.0. The van der Waals surface area contributed by atoms with Crippen LogP contribution in [0.25, 0.3) is 0 Å². The van der Waals surface area contributed by atoms with E-state index in [4.69, 9.17) is 4.74 Å². The predicted molar refractivity (Wildman–Crippen MR) is 79.8 cm³/mol. The lowest BCUT2D eigenvalue weighted by Crippen LogP contribution is -2.16. The van der Waals surface area contributed by atoms with Crippen LogP contribution < -0.4 is 10.1 Å². The van der Waals surface area contributed by atoms with Gasteiger partial charge in [-0.2, -0.15) is 0 Å². The Morgan fingerprint density at radius 1 is 1.26 bits per heavy atom. The molecule has 102 valence electrons. The Bertz CT molecular complexity index is 470. The molecule has 0 bridgehead atoms. The minimum absolute atomic E-state index is 0.721. The summed E-state index contributed by atoms with van der Waals surface area (Å²) in [4.78, 5) is 4.37. The maximum atomic E-state index is 5.61. The number of rotatable bonds is 8. The summed E-state index contributed by atoms with van der Waals surface area (Å²) in [6, 6.07) is 10.4. The molecule has 0 aliphatic rings. The molecule has 1 aromatic heterocycles. The molecule has 3 nitrogen and oxygen atoms in total. The Balaban J connectivity index is 1.55. The van der Waals surface area contributed by atoms with E-state index in [0.717, 1.165) is 43.4 Å². The SMILES string of the molecule is CCc1csc(OCCCNCc2ccccc2)n1. The van der Waals surface area contributed by atoms with Gasteiger partial charge in [-0.3, -0.25) is 0 Å². The monoisotopic (exact) mass is 276 g/mol. The molecular weight excluding hydrogens is 256 g/mol. The van der Waals surface area contributed by atoms with E-state index in [9.17, 15) is 0 Å². The summed E-state index contributed by atoms with van der Waals surface area (Å²) in [6.45, 7) is 4.70. The van der Waals surface area contributed by atoms with Gasteiger partial charge in [-0.25, -0.2) is 4.98 Å².